The molecule has 3 aliphatic rings. The molecule has 6 heteroatoms. The van der Waals surface area contributed by atoms with Gasteiger partial charge < -0.3 is 16.0 Å². The van der Waals surface area contributed by atoms with E-state index < -0.39 is 5.54 Å². The average Bonchev–Trinajstić information content (AvgIpc) is 2.70. The van der Waals surface area contributed by atoms with Crippen LogP contribution in [0.4, 0.5) is 4.79 Å². The molecule has 3 N–H and O–H groups in total. The van der Waals surface area contributed by atoms with Gasteiger partial charge in [0.25, 0.3) is 5.91 Å². The molecule has 3 saturated heterocycles. The summed E-state index contributed by atoms with van der Waals surface area (Å²) in [5, 5.41) is 9.64. The second-order valence-electron chi connectivity index (χ2n) is 6.15. The molecular weight excluding hydrogens is 256 g/mol. The van der Waals surface area contributed by atoms with E-state index in [1.165, 1.54) is 17.7 Å². The van der Waals surface area contributed by atoms with E-state index in [1.807, 2.05) is 0 Å². The fourth-order valence-corrected chi connectivity index (χ4v) is 3.53. The third-order valence-corrected chi connectivity index (χ3v) is 4.82. The molecule has 1 unspecified atom stereocenters. The van der Waals surface area contributed by atoms with Crippen LogP contribution < -0.4 is 16.0 Å². The van der Waals surface area contributed by atoms with E-state index in [0.717, 1.165) is 32.5 Å². The van der Waals surface area contributed by atoms with Crippen LogP contribution in [0.2, 0.25) is 0 Å². The van der Waals surface area contributed by atoms with Crippen LogP contribution in [0.1, 0.15) is 38.5 Å². The molecule has 0 aromatic heterocycles. The highest BCUT2D eigenvalue weighted by molar-refractivity contribution is 6.07. The minimum atomic E-state index is -0.623. The summed E-state index contributed by atoms with van der Waals surface area (Å²) in [4.78, 5) is 26.1. The number of hydrogen-bond donors (Lipinski definition) is 3. The van der Waals surface area contributed by atoms with Crippen LogP contribution in [0.25, 0.3) is 0 Å². The highest BCUT2D eigenvalue weighted by Crippen LogP contribution is 2.27. The lowest BCUT2D eigenvalue weighted by molar-refractivity contribution is -0.132. The minimum Gasteiger partial charge on any atom is -0.323 e. The maximum absolute atomic E-state index is 12.6. The number of rotatable bonds is 3. The first-order valence-electron chi connectivity index (χ1n) is 7.79. The van der Waals surface area contributed by atoms with Crippen molar-refractivity contribution in [1.82, 2.24) is 20.9 Å². The van der Waals surface area contributed by atoms with Gasteiger partial charge in [-0.25, -0.2) is 4.79 Å². The summed E-state index contributed by atoms with van der Waals surface area (Å²) in [5.41, 5.74) is -0.623. The summed E-state index contributed by atoms with van der Waals surface area (Å²) in [6, 6.07) is 0.252. The Labute approximate surface area is 119 Å². The molecule has 0 aliphatic carbocycles. The zero-order valence-electron chi connectivity index (χ0n) is 11.9. The number of amides is 3. The molecule has 3 heterocycles. The number of nitrogens with zero attached hydrogens (tertiary/aromatic N) is 1. The average molecular weight is 280 g/mol. The summed E-state index contributed by atoms with van der Waals surface area (Å²) >= 11 is 0. The predicted molar refractivity (Wildman–Crippen MR) is 75.3 cm³/mol. The lowest BCUT2D eigenvalue weighted by atomic mass is 9.88. The van der Waals surface area contributed by atoms with Crippen molar-refractivity contribution >= 4 is 11.9 Å². The van der Waals surface area contributed by atoms with E-state index in [4.69, 9.17) is 0 Å². The summed E-state index contributed by atoms with van der Waals surface area (Å²) < 4.78 is 0. The van der Waals surface area contributed by atoms with Gasteiger partial charge in [-0.2, -0.15) is 0 Å². The first kappa shape index (κ1) is 13.8. The van der Waals surface area contributed by atoms with Crippen molar-refractivity contribution in [2.24, 2.45) is 0 Å². The monoisotopic (exact) mass is 280 g/mol. The molecule has 20 heavy (non-hydrogen) atoms. The summed E-state index contributed by atoms with van der Waals surface area (Å²) in [5.74, 6) is -0.0141. The van der Waals surface area contributed by atoms with Gasteiger partial charge in [-0.1, -0.05) is 6.42 Å². The smallest absolute Gasteiger partial charge is 0.323 e. The molecule has 0 bridgehead atoms. The standard InChI is InChI=1S/C14H24N4O2/c19-12-14(5-8-15-9-6-14)17-13(20)18(12)10-4-11-3-1-2-7-16-11/h11,15-16H,1-10H2,(H,17,20). The Morgan fingerprint density at radius 2 is 1.95 bits per heavy atom. The van der Waals surface area contributed by atoms with Crippen molar-refractivity contribution in [1.29, 1.82) is 0 Å². The van der Waals surface area contributed by atoms with E-state index in [2.05, 4.69) is 16.0 Å². The Morgan fingerprint density at radius 1 is 1.15 bits per heavy atom. The lowest BCUT2D eigenvalue weighted by Crippen LogP contribution is -2.54. The van der Waals surface area contributed by atoms with E-state index in [1.54, 1.807) is 0 Å². The molecule has 0 aromatic carbocycles. The van der Waals surface area contributed by atoms with Gasteiger partial charge in [0.2, 0.25) is 0 Å². The molecule has 1 atom stereocenters. The quantitative estimate of drug-likeness (QED) is 0.645. The van der Waals surface area contributed by atoms with Crippen molar-refractivity contribution in [3.05, 3.63) is 0 Å². The third kappa shape index (κ3) is 2.54. The van der Waals surface area contributed by atoms with Crippen molar-refractivity contribution in [3.63, 3.8) is 0 Å². The van der Waals surface area contributed by atoms with Crippen LogP contribution in [-0.2, 0) is 4.79 Å². The number of urea groups is 1. The predicted octanol–water partition coefficient (Wildman–Crippen LogP) is 0.193. The molecular formula is C14H24N4O2. The number of carbonyl (C=O) groups is 2. The van der Waals surface area contributed by atoms with E-state index >= 15 is 0 Å². The molecule has 0 saturated carbocycles. The van der Waals surface area contributed by atoms with Crippen LogP contribution in [0.5, 0.6) is 0 Å². The first-order valence-corrected chi connectivity index (χ1v) is 7.79. The highest BCUT2D eigenvalue weighted by atomic mass is 16.2. The van der Waals surface area contributed by atoms with Gasteiger partial charge >= 0.3 is 6.03 Å². The molecule has 112 valence electrons. The maximum Gasteiger partial charge on any atom is 0.325 e. The maximum atomic E-state index is 12.6. The van der Waals surface area contributed by atoms with Crippen molar-refractivity contribution in [2.75, 3.05) is 26.2 Å². The van der Waals surface area contributed by atoms with Crippen LogP contribution in [-0.4, -0.2) is 54.6 Å². The van der Waals surface area contributed by atoms with Crippen LogP contribution in [0, 0.1) is 0 Å². The number of imide groups is 1. The van der Waals surface area contributed by atoms with Gasteiger partial charge in [-0.05, 0) is 51.7 Å². The van der Waals surface area contributed by atoms with Crippen molar-refractivity contribution in [2.45, 2.75) is 50.1 Å². The van der Waals surface area contributed by atoms with Gasteiger partial charge in [0, 0.05) is 12.6 Å². The number of hydrogen-bond acceptors (Lipinski definition) is 4. The van der Waals surface area contributed by atoms with Crippen molar-refractivity contribution < 1.29 is 9.59 Å². The zero-order chi connectivity index (χ0) is 14.0. The Bertz CT molecular complexity index is 387. The van der Waals surface area contributed by atoms with Crippen LogP contribution in [0.15, 0.2) is 0 Å². The number of nitrogens with one attached hydrogen (secondary N) is 3. The van der Waals surface area contributed by atoms with Gasteiger partial charge in [0.1, 0.15) is 5.54 Å². The largest absolute Gasteiger partial charge is 0.325 e. The highest BCUT2D eigenvalue weighted by Gasteiger charge is 2.51. The minimum absolute atomic E-state index is 0.0141. The fraction of sp³-hybridized carbons (Fsp3) is 0.857. The Morgan fingerprint density at radius 3 is 2.65 bits per heavy atom. The molecule has 6 nitrogen and oxygen atoms in total. The summed E-state index contributed by atoms with van der Waals surface area (Å²) in [6.45, 7) is 3.19. The molecule has 3 rings (SSSR count). The second-order valence-corrected chi connectivity index (χ2v) is 6.15. The fourth-order valence-electron chi connectivity index (χ4n) is 3.53. The van der Waals surface area contributed by atoms with E-state index in [-0.39, 0.29) is 11.9 Å². The zero-order valence-corrected chi connectivity index (χ0v) is 11.9. The van der Waals surface area contributed by atoms with E-state index in [9.17, 15) is 9.59 Å². The molecule has 0 radical (unpaired) electrons. The first-order chi connectivity index (χ1) is 9.71. The normalized spacial score (nSPS) is 29.8. The molecule has 0 aromatic rings. The van der Waals surface area contributed by atoms with Crippen molar-refractivity contribution in [3.8, 4) is 0 Å². The number of carbonyl (C=O) groups excluding carboxylic acids is 2. The van der Waals surface area contributed by atoms with Gasteiger partial charge in [-0.15, -0.1) is 0 Å². The molecule has 3 aliphatic heterocycles. The summed E-state index contributed by atoms with van der Waals surface area (Å²) in [7, 11) is 0. The molecule has 3 amide bonds. The second kappa shape index (κ2) is 5.69. The topological polar surface area (TPSA) is 73.5 Å². The molecule has 1 spiro atoms. The Balaban J connectivity index is 1.58. The lowest BCUT2D eigenvalue weighted by Gasteiger charge is -2.31. The molecule has 3 fully saturated rings. The SMILES string of the molecule is O=C1NC2(CCNCC2)C(=O)N1CCC1CCCCN1. The third-order valence-electron chi connectivity index (χ3n) is 4.82. The Hall–Kier alpha value is -1.14. The van der Waals surface area contributed by atoms with Gasteiger partial charge in [0.05, 0.1) is 0 Å². The van der Waals surface area contributed by atoms with Gasteiger partial charge in [0.15, 0.2) is 0 Å². The van der Waals surface area contributed by atoms with Gasteiger partial charge in [-0.3, -0.25) is 9.69 Å². The van der Waals surface area contributed by atoms with Crippen LogP contribution in [0.3, 0.4) is 0 Å². The van der Waals surface area contributed by atoms with E-state index in [0.29, 0.717) is 25.4 Å². The van der Waals surface area contributed by atoms with Crippen LogP contribution >= 0.6 is 0 Å². The summed E-state index contributed by atoms with van der Waals surface area (Å²) in [6.07, 6.45) is 5.90. The Kier molecular flexibility index (Phi) is 3.94. The number of piperidine rings is 2.